The van der Waals surface area contributed by atoms with Crippen molar-refractivity contribution in [2.24, 2.45) is 0 Å². The molecule has 2 heterocycles. The number of carbonyl (C=O) groups excluding carboxylic acids is 1. The zero-order chi connectivity index (χ0) is 20.2. The Kier molecular flexibility index (Phi) is 5.15. The van der Waals surface area contributed by atoms with E-state index >= 15 is 0 Å². The van der Waals surface area contributed by atoms with E-state index in [0.29, 0.717) is 28.8 Å². The van der Waals surface area contributed by atoms with Crippen molar-refractivity contribution in [3.8, 4) is 11.1 Å². The molecule has 0 radical (unpaired) electrons. The fourth-order valence-corrected chi connectivity index (χ4v) is 2.93. The monoisotopic (exact) mass is 389 g/mol. The van der Waals surface area contributed by atoms with Crippen LogP contribution < -0.4 is 10.9 Å². The molecule has 8 nitrogen and oxygen atoms in total. The average molecular weight is 389 g/mol. The normalized spacial score (nSPS) is 10.9. The Morgan fingerprint density at radius 1 is 1.14 bits per heavy atom. The van der Waals surface area contributed by atoms with E-state index in [9.17, 15) is 9.59 Å². The molecule has 0 fully saturated rings. The fraction of sp³-hybridized carbons (Fsp3) is 0.190. The first-order valence-corrected chi connectivity index (χ1v) is 9.36. The summed E-state index contributed by atoms with van der Waals surface area (Å²) in [6.07, 6.45) is 1.96. The Bertz CT molecular complexity index is 1210. The number of tetrazole rings is 1. The Hall–Kier alpha value is -3.81. The minimum absolute atomic E-state index is 0.158. The van der Waals surface area contributed by atoms with Gasteiger partial charge in [0.1, 0.15) is 5.58 Å². The van der Waals surface area contributed by atoms with Gasteiger partial charge >= 0.3 is 5.63 Å². The van der Waals surface area contributed by atoms with Crippen molar-refractivity contribution in [2.45, 2.75) is 26.3 Å². The van der Waals surface area contributed by atoms with E-state index in [2.05, 4.69) is 27.7 Å². The van der Waals surface area contributed by atoms with Gasteiger partial charge in [0.15, 0.2) is 0 Å². The predicted molar refractivity (Wildman–Crippen MR) is 109 cm³/mol. The van der Waals surface area contributed by atoms with E-state index in [4.69, 9.17) is 4.42 Å². The van der Waals surface area contributed by atoms with E-state index in [1.165, 1.54) is 4.80 Å². The Morgan fingerprint density at radius 2 is 1.93 bits per heavy atom. The molecule has 0 saturated carbocycles. The highest BCUT2D eigenvalue weighted by Crippen LogP contribution is 2.21. The van der Waals surface area contributed by atoms with Gasteiger partial charge in [0.05, 0.1) is 12.1 Å². The molecule has 2 aromatic heterocycles. The second-order valence-electron chi connectivity index (χ2n) is 6.58. The van der Waals surface area contributed by atoms with Crippen molar-refractivity contribution in [1.82, 2.24) is 20.2 Å². The number of fused-ring (bicyclic) bond motifs is 1. The van der Waals surface area contributed by atoms with Gasteiger partial charge in [-0.2, -0.15) is 4.80 Å². The third-order valence-electron chi connectivity index (χ3n) is 4.49. The SMILES string of the molecule is CCCCn1nnc(NC(=O)c2ccc(-c3cc4ccccc4oc3=O)cc2)n1. The Balaban J connectivity index is 1.52. The Morgan fingerprint density at radius 3 is 2.72 bits per heavy atom. The highest BCUT2D eigenvalue weighted by molar-refractivity contribution is 6.03. The highest BCUT2D eigenvalue weighted by Gasteiger charge is 2.12. The zero-order valence-corrected chi connectivity index (χ0v) is 15.8. The number of benzene rings is 2. The van der Waals surface area contributed by atoms with Crippen LogP contribution in [0.5, 0.6) is 0 Å². The molecule has 8 heteroatoms. The van der Waals surface area contributed by atoms with Gasteiger partial charge in [-0.15, -0.1) is 5.10 Å². The summed E-state index contributed by atoms with van der Waals surface area (Å²) < 4.78 is 5.37. The summed E-state index contributed by atoms with van der Waals surface area (Å²) in [5, 5.41) is 15.3. The number of hydrogen-bond acceptors (Lipinski definition) is 6. The number of aromatic nitrogens is 4. The first-order valence-electron chi connectivity index (χ1n) is 9.36. The van der Waals surface area contributed by atoms with Crippen LogP contribution in [0, 0.1) is 0 Å². The van der Waals surface area contributed by atoms with E-state index in [1.807, 2.05) is 18.2 Å². The van der Waals surface area contributed by atoms with Gasteiger partial charge in [-0.1, -0.05) is 48.8 Å². The van der Waals surface area contributed by atoms with Crippen molar-refractivity contribution in [2.75, 3.05) is 5.32 Å². The Labute approximate surface area is 166 Å². The number of carbonyl (C=O) groups is 1. The van der Waals surface area contributed by atoms with Crippen molar-refractivity contribution in [1.29, 1.82) is 0 Å². The van der Waals surface area contributed by atoms with Crippen LogP contribution in [0.3, 0.4) is 0 Å². The zero-order valence-electron chi connectivity index (χ0n) is 15.8. The number of para-hydroxylation sites is 1. The summed E-state index contributed by atoms with van der Waals surface area (Å²) >= 11 is 0. The number of hydrogen-bond donors (Lipinski definition) is 1. The molecule has 4 rings (SSSR count). The molecule has 0 saturated heterocycles. The maximum atomic E-state index is 12.4. The molecule has 0 atom stereocenters. The molecule has 0 aliphatic rings. The smallest absolute Gasteiger partial charge is 0.344 e. The van der Waals surface area contributed by atoms with Gasteiger partial charge in [0.2, 0.25) is 0 Å². The van der Waals surface area contributed by atoms with Crippen LogP contribution in [0.2, 0.25) is 0 Å². The molecule has 0 unspecified atom stereocenters. The maximum absolute atomic E-state index is 12.4. The highest BCUT2D eigenvalue weighted by atomic mass is 16.4. The summed E-state index contributed by atoms with van der Waals surface area (Å²) in [4.78, 5) is 26.2. The average Bonchev–Trinajstić information content (AvgIpc) is 3.19. The van der Waals surface area contributed by atoms with E-state index < -0.39 is 5.63 Å². The first-order chi connectivity index (χ1) is 14.1. The minimum Gasteiger partial charge on any atom is -0.422 e. The standard InChI is InChI=1S/C21H19N5O3/c1-2-3-12-26-24-21(23-25-26)22-19(27)15-10-8-14(9-11-15)17-13-16-6-4-5-7-18(16)29-20(17)28/h4-11,13H,2-3,12H2,1H3,(H,22,24,27). The lowest BCUT2D eigenvalue weighted by molar-refractivity contribution is 0.102. The van der Waals surface area contributed by atoms with E-state index in [1.54, 1.807) is 36.4 Å². The lowest BCUT2D eigenvalue weighted by Crippen LogP contribution is -2.13. The lowest BCUT2D eigenvalue weighted by atomic mass is 10.0. The molecule has 1 amide bonds. The largest absolute Gasteiger partial charge is 0.422 e. The second kappa shape index (κ2) is 8.05. The number of aryl methyl sites for hydroxylation is 1. The van der Waals surface area contributed by atoms with Crippen LogP contribution in [-0.2, 0) is 6.54 Å². The van der Waals surface area contributed by atoms with Gasteiger partial charge in [0, 0.05) is 10.9 Å². The predicted octanol–water partition coefficient (Wildman–Crippen LogP) is 3.50. The van der Waals surface area contributed by atoms with Crippen molar-refractivity contribution in [3.63, 3.8) is 0 Å². The molecule has 0 aliphatic heterocycles. The molecule has 146 valence electrons. The van der Waals surface area contributed by atoms with Crippen LogP contribution in [0.25, 0.3) is 22.1 Å². The van der Waals surface area contributed by atoms with Crippen LogP contribution >= 0.6 is 0 Å². The molecular formula is C21H19N5O3. The summed E-state index contributed by atoms with van der Waals surface area (Å²) in [6, 6.07) is 15.8. The number of amides is 1. The van der Waals surface area contributed by atoms with Gasteiger partial charge in [0.25, 0.3) is 11.9 Å². The van der Waals surface area contributed by atoms with Crippen LogP contribution in [-0.4, -0.2) is 26.1 Å². The van der Waals surface area contributed by atoms with E-state index in [-0.39, 0.29) is 11.9 Å². The molecule has 1 N–H and O–H groups in total. The maximum Gasteiger partial charge on any atom is 0.344 e. The molecule has 29 heavy (non-hydrogen) atoms. The van der Waals surface area contributed by atoms with Gasteiger partial charge in [-0.05, 0) is 41.5 Å². The summed E-state index contributed by atoms with van der Waals surface area (Å²) in [5.74, 6) is -0.192. The number of nitrogens with one attached hydrogen (secondary N) is 1. The molecular weight excluding hydrogens is 370 g/mol. The van der Waals surface area contributed by atoms with Crippen LogP contribution in [0.1, 0.15) is 30.1 Å². The van der Waals surface area contributed by atoms with Crippen molar-refractivity contribution in [3.05, 3.63) is 70.6 Å². The van der Waals surface area contributed by atoms with Gasteiger partial charge in [-0.3, -0.25) is 10.1 Å². The van der Waals surface area contributed by atoms with Gasteiger partial charge < -0.3 is 4.42 Å². The number of rotatable bonds is 6. The van der Waals surface area contributed by atoms with Gasteiger partial charge in [-0.25, -0.2) is 4.79 Å². The molecule has 4 aromatic rings. The fourth-order valence-electron chi connectivity index (χ4n) is 2.93. The van der Waals surface area contributed by atoms with Crippen molar-refractivity contribution >= 4 is 22.8 Å². The first kappa shape index (κ1) is 18.5. The summed E-state index contributed by atoms with van der Waals surface area (Å²) in [6.45, 7) is 2.73. The van der Waals surface area contributed by atoms with E-state index in [0.717, 1.165) is 18.2 Å². The molecule has 0 bridgehead atoms. The summed E-state index contributed by atoms with van der Waals surface area (Å²) in [5.41, 5.74) is 1.65. The van der Waals surface area contributed by atoms with Crippen LogP contribution in [0.15, 0.2) is 63.8 Å². The lowest BCUT2D eigenvalue weighted by Gasteiger charge is -2.04. The third-order valence-corrected chi connectivity index (χ3v) is 4.49. The number of unbranched alkanes of at least 4 members (excludes halogenated alkanes) is 1. The molecule has 0 spiro atoms. The minimum atomic E-state index is -0.422. The number of anilines is 1. The quantitative estimate of drug-likeness (QED) is 0.506. The molecule has 0 aliphatic carbocycles. The van der Waals surface area contributed by atoms with Crippen LogP contribution in [0.4, 0.5) is 5.95 Å². The number of nitrogens with zero attached hydrogens (tertiary/aromatic N) is 4. The summed E-state index contributed by atoms with van der Waals surface area (Å²) in [7, 11) is 0. The third kappa shape index (κ3) is 4.06. The van der Waals surface area contributed by atoms with Crippen molar-refractivity contribution < 1.29 is 9.21 Å². The second-order valence-corrected chi connectivity index (χ2v) is 6.58. The topological polar surface area (TPSA) is 103 Å². The molecule has 2 aromatic carbocycles.